The molecule has 0 bridgehead atoms. The number of hydrogen-bond donors (Lipinski definition) is 0. The third kappa shape index (κ3) is 6.37. The van der Waals surface area contributed by atoms with Crippen LogP contribution in [0.25, 0.3) is 0 Å². The summed E-state index contributed by atoms with van der Waals surface area (Å²) in [6.45, 7) is 5.57. The van der Waals surface area contributed by atoms with Gasteiger partial charge in [0.25, 0.3) is 0 Å². The Morgan fingerprint density at radius 1 is 0.833 bits per heavy atom. The van der Waals surface area contributed by atoms with E-state index < -0.39 is 0 Å². The first-order chi connectivity index (χ1) is 5.60. The third-order valence-electron chi connectivity index (χ3n) is 1.15. The fraction of sp³-hybridized carbons (Fsp3) is 1.00. The van der Waals surface area contributed by atoms with Gasteiger partial charge in [0.1, 0.15) is 0 Å². The Kier molecular flexibility index (Phi) is 7.77. The molecule has 1 saturated heterocycles. The van der Waals surface area contributed by atoms with Crippen molar-refractivity contribution in [3.05, 3.63) is 0 Å². The van der Waals surface area contributed by atoms with E-state index in [0.717, 1.165) is 4.24 Å². The Morgan fingerprint density at radius 3 is 1.17 bits per heavy atom. The Labute approximate surface area is 90.0 Å². The molecule has 0 atom stereocenters. The van der Waals surface area contributed by atoms with E-state index in [1.807, 2.05) is 20.8 Å². The summed E-state index contributed by atoms with van der Waals surface area (Å²) >= 11 is 6.12. The predicted molar refractivity (Wildman–Crippen MR) is 54.4 cm³/mol. The number of hydrogen-bond acceptors (Lipinski definition) is 3. The maximum atomic E-state index is 5.11. The molecule has 3 nitrogen and oxygen atoms in total. The van der Waals surface area contributed by atoms with Crippen molar-refractivity contribution in [1.82, 2.24) is 0 Å². The van der Waals surface area contributed by atoms with E-state index in [0.29, 0.717) is 0 Å². The summed E-state index contributed by atoms with van der Waals surface area (Å²) in [7, 11) is 0. The van der Waals surface area contributed by atoms with Crippen LogP contribution < -0.4 is 0 Å². The lowest BCUT2D eigenvalue weighted by Gasteiger charge is -2.30. The minimum atomic E-state index is -0.135. The zero-order chi connectivity index (χ0) is 9.56. The van der Waals surface area contributed by atoms with E-state index in [-0.39, 0.29) is 18.9 Å². The number of rotatable bonds is 0. The molecule has 74 valence electrons. The molecule has 0 aromatic carbocycles. The van der Waals surface area contributed by atoms with Crippen molar-refractivity contribution in [1.29, 1.82) is 0 Å². The fourth-order valence-corrected chi connectivity index (χ4v) is 0.906. The van der Waals surface area contributed by atoms with Crippen molar-refractivity contribution < 1.29 is 14.2 Å². The van der Waals surface area contributed by atoms with Gasteiger partial charge >= 0.3 is 0 Å². The van der Waals surface area contributed by atoms with Crippen molar-refractivity contribution in [3.8, 4) is 0 Å². The van der Waals surface area contributed by atoms with Crippen molar-refractivity contribution in [3.63, 3.8) is 0 Å². The molecule has 0 aliphatic carbocycles. The van der Waals surface area contributed by atoms with Gasteiger partial charge in [-0.05, 0) is 20.8 Å². The third-order valence-corrected chi connectivity index (χ3v) is 1.15. The molecule has 0 amide bonds. The lowest BCUT2D eigenvalue weighted by Crippen LogP contribution is -2.35. The molecule has 0 unspecified atom stereocenters. The average molecular weight is 306 g/mol. The van der Waals surface area contributed by atoms with E-state index in [9.17, 15) is 0 Å². The topological polar surface area (TPSA) is 27.7 Å². The van der Waals surface area contributed by atoms with Crippen LogP contribution in [-0.2, 0) is 14.2 Å². The second-order valence-corrected chi connectivity index (χ2v) is 4.84. The predicted octanol–water partition coefficient (Wildman–Crippen LogP) is 2.82. The second kappa shape index (κ2) is 7.26. The number of alkyl halides is 2. The van der Waals surface area contributed by atoms with Crippen molar-refractivity contribution >= 4 is 31.9 Å². The molecule has 0 aromatic heterocycles. The second-order valence-electron chi connectivity index (χ2n) is 2.21. The van der Waals surface area contributed by atoms with Crippen LogP contribution in [-0.4, -0.2) is 23.1 Å². The maximum absolute atomic E-state index is 5.11. The highest BCUT2D eigenvalue weighted by molar-refractivity contribution is 9.24. The van der Waals surface area contributed by atoms with Crippen LogP contribution in [0.2, 0.25) is 0 Å². The zero-order valence-corrected chi connectivity index (χ0v) is 10.6. The van der Waals surface area contributed by atoms with Crippen molar-refractivity contribution in [2.45, 2.75) is 39.6 Å². The van der Waals surface area contributed by atoms with Crippen molar-refractivity contribution in [2.75, 3.05) is 4.24 Å². The fourth-order valence-electron chi connectivity index (χ4n) is 0.906. The van der Waals surface area contributed by atoms with Gasteiger partial charge < -0.3 is 14.2 Å². The first kappa shape index (κ1) is 12.8. The van der Waals surface area contributed by atoms with Gasteiger partial charge in [0, 0.05) is 0 Å². The summed E-state index contributed by atoms with van der Waals surface area (Å²) in [5.74, 6) is 0. The molecule has 0 saturated carbocycles. The molecule has 0 aromatic rings. The molecule has 1 fully saturated rings. The molecule has 0 N–H and O–H groups in total. The molecular weight excluding hydrogens is 292 g/mol. The number of halogens is 2. The summed E-state index contributed by atoms with van der Waals surface area (Å²) in [5.41, 5.74) is 0. The number of ether oxygens (including phenoxy) is 3. The Balaban J connectivity index is 0.000000354. The highest BCUT2D eigenvalue weighted by atomic mass is 79.9. The van der Waals surface area contributed by atoms with Gasteiger partial charge in [0.2, 0.25) is 0 Å². The SMILES string of the molecule is BrCBr.CC1OC(C)OC(C)O1. The molecule has 1 rings (SSSR count). The Morgan fingerprint density at radius 2 is 1.00 bits per heavy atom. The molecule has 5 heteroatoms. The minimum absolute atomic E-state index is 0.135. The summed E-state index contributed by atoms with van der Waals surface area (Å²) in [6.07, 6.45) is -0.406. The molecule has 1 aliphatic heterocycles. The van der Waals surface area contributed by atoms with E-state index in [2.05, 4.69) is 31.9 Å². The molecule has 1 aliphatic rings. The smallest absolute Gasteiger partial charge is 0.161 e. The first-order valence-corrected chi connectivity index (χ1v) is 5.92. The van der Waals surface area contributed by atoms with E-state index >= 15 is 0 Å². The van der Waals surface area contributed by atoms with E-state index in [1.54, 1.807) is 0 Å². The quantitative estimate of drug-likeness (QED) is 0.644. The van der Waals surface area contributed by atoms with Gasteiger partial charge in [0.15, 0.2) is 18.9 Å². The largest absolute Gasteiger partial charge is 0.324 e. The highest BCUT2D eigenvalue weighted by Crippen LogP contribution is 2.13. The zero-order valence-electron chi connectivity index (χ0n) is 7.42. The maximum Gasteiger partial charge on any atom is 0.161 e. The van der Waals surface area contributed by atoms with Crippen LogP contribution in [0.4, 0.5) is 0 Å². The van der Waals surface area contributed by atoms with Gasteiger partial charge in [-0.25, -0.2) is 0 Å². The molecule has 0 radical (unpaired) electrons. The average Bonchev–Trinajstić information content (AvgIpc) is 1.84. The minimum Gasteiger partial charge on any atom is -0.324 e. The van der Waals surface area contributed by atoms with Crippen LogP contribution in [0.1, 0.15) is 20.8 Å². The summed E-state index contributed by atoms with van der Waals surface area (Å²) in [5, 5.41) is 0. The van der Waals surface area contributed by atoms with Crippen LogP contribution in [0.3, 0.4) is 0 Å². The van der Waals surface area contributed by atoms with Crippen LogP contribution in [0.15, 0.2) is 0 Å². The summed E-state index contributed by atoms with van der Waals surface area (Å²) in [6, 6.07) is 0. The van der Waals surface area contributed by atoms with Gasteiger partial charge in [-0.15, -0.1) is 0 Å². The monoisotopic (exact) mass is 304 g/mol. The lowest BCUT2D eigenvalue weighted by molar-refractivity contribution is -0.367. The standard InChI is InChI=1S/C6H12O3.CH2Br2/c1-4-7-5(2)9-6(3)8-4;2-1-3/h4-6H,1-3H3;1H2. The van der Waals surface area contributed by atoms with Crippen LogP contribution >= 0.6 is 31.9 Å². The van der Waals surface area contributed by atoms with Crippen molar-refractivity contribution in [2.24, 2.45) is 0 Å². The lowest BCUT2D eigenvalue weighted by atomic mass is 10.6. The van der Waals surface area contributed by atoms with Crippen LogP contribution in [0.5, 0.6) is 0 Å². The summed E-state index contributed by atoms with van der Waals surface area (Å²) in [4.78, 5) is 0. The Hall–Kier alpha value is 0.840. The van der Waals surface area contributed by atoms with Crippen LogP contribution in [0, 0.1) is 0 Å². The molecule has 0 spiro atoms. The highest BCUT2D eigenvalue weighted by Gasteiger charge is 2.20. The van der Waals surface area contributed by atoms with Gasteiger partial charge in [-0.3, -0.25) is 0 Å². The first-order valence-electron chi connectivity index (χ1n) is 3.68. The van der Waals surface area contributed by atoms with Gasteiger partial charge in [-0.1, -0.05) is 31.9 Å². The molecule has 12 heavy (non-hydrogen) atoms. The van der Waals surface area contributed by atoms with Gasteiger partial charge in [0.05, 0.1) is 4.24 Å². The normalized spacial score (nSPS) is 35.2. The van der Waals surface area contributed by atoms with E-state index in [4.69, 9.17) is 14.2 Å². The van der Waals surface area contributed by atoms with E-state index in [1.165, 1.54) is 0 Å². The Bertz CT molecular complexity index is 87.8. The summed E-state index contributed by atoms with van der Waals surface area (Å²) < 4.78 is 16.2. The molecule has 1 heterocycles. The van der Waals surface area contributed by atoms with Gasteiger partial charge in [-0.2, -0.15) is 0 Å². The molecular formula is C7H14Br2O3.